The average molecular weight is 401 g/mol. The van der Waals surface area contributed by atoms with E-state index in [0.29, 0.717) is 38.4 Å². The van der Waals surface area contributed by atoms with Gasteiger partial charge >= 0.3 is 0 Å². The first-order valence-electron chi connectivity index (χ1n) is 8.69. The number of nitrogens with one attached hydrogen (secondary N) is 1. The molecule has 1 saturated heterocycles. The predicted molar refractivity (Wildman–Crippen MR) is 113 cm³/mol. The van der Waals surface area contributed by atoms with Crippen molar-refractivity contribution >= 4 is 34.6 Å². The van der Waals surface area contributed by atoms with Crippen molar-refractivity contribution in [3.05, 3.63) is 76.9 Å². The van der Waals surface area contributed by atoms with Crippen LogP contribution in [-0.4, -0.2) is 18.2 Å². The van der Waals surface area contributed by atoms with Crippen LogP contribution in [0.15, 0.2) is 75.0 Å². The zero-order valence-corrected chi connectivity index (χ0v) is 16.2. The third kappa shape index (κ3) is 4.08. The monoisotopic (exact) mass is 401 g/mol. The number of carbonyl (C=O) groups is 1. The molecule has 142 valence electrons. The molecule has 6 nitrogen and oxygen atoms in total. The lowest BCUT2D eigenvalue weighted by molar-refractivity contribution is -0.115. The Morgan fingerprint density at radius 2 is 1.93 bits per heavy atom. The van der Waals surface area contributed by atoms with Gasteiger partial charge in [0.15, 0.2) is 5.17 Å². The van der Waals surface area contributed by atoms with Gasteiger partial charge in [-0.25, -0.2) is 4.99 Å². The van der Waals surface area contributed by atoms with E-state index in [0.717, 1.165) is 5.75 Å². The van der Waals surface area contributed by atoms with Gasteiger partial charge in [0.05, 0.1) is 29.3 Å². The molecule has 0 saturated carbocycles. The molecule has 4 rings (SSSR count). The number of benzene rings is 2. The molecule has 2 aromatic carbocycles. The molecule has 3 aromatic rings. The van der Waals surface area contributed by atoms with E-state index >= 15 is 0 Å². The Morgan fingerprint density at radius 1 is 1.14 bits per heavy atom. The highest BCUT2D eigenvalue weighted by molar-refractivity contribution is 8.18. The maximum absolute atomic E-state index is 12.3. The number of furan rings is 1. The number of amides is 1. The normalized spacial score (nSPS) is 16.1. The summed E-state index contributed by atoms with van der Waals surface area (Å²) in [7, 11) is 1.60. The fraction of sp³-hybridized carbons (Fsp3) is 0.0455. The minimum Gasteiger partial charge on any atom is -0.497 e. The molecule has 0 bridgehead atoms. The van der Waals surface area contributed by atoms with E-state index in [9.17, 15) is 10.1 Å². The summed E-state index contributed by atoms with van der Waals surface area (Å²) in [4.78, 5) is 17.2. The molecule has 0 aliphatic carbocycles. The van der Waals surface area contributed by atoms with Gasteiger partial charge in [-0.2, -0.15) is 5.26 Å². The number of amidine groups is 1. The molecule has 1 aliphatic heterocycles. The quantitative estimate of drug-likeness (QED) is 0.639. The van der Waals surface area contributed by atoms with Crippen molar-refractivity contribution < 1.29 is 13.9 Å². The number of methoxy groups -OCH3 is 1. The van der Waals surface area contributed by atoms with Crippen molar-refractivity contribution in [2.24, 2.45) is 4.99 Å². The standard InChI is InChI=1S/C22H15N3O3S/c1-27-16-8-6-15(7-9-16)24-22-25-21(26)20(29-22)12-17-10-11-19(28-17)18-5-3-2-4-14(18)13-23/h2-12H,1H3,(H,24,25,26). The Kier molecular flexibility index (Phi) is 5.18. The third-order valence-electron chi connectivity index (χ3n) is 4.17. The molecule has 0 unspecified atom stereocenters. The van der Waals surface area contributed by atoms with Crippen molar-refractivity contribution in [2.75, 3.05) is 7.11 Å². The second-order valence-electron chi connectivity index (χ2n) is 6.04. The Hall–Kier alpha value is -3.76. The van der Waals surface area contributed by atoms with Gasteiger partial charge in [-0.15, -0.1) is 0 Å². The highest BCUT2D eigenvalue weighted by atomic mass is 32.2. The van der Waals surface area contributed by atoms with E-state index in [-0.39, 0.29) is 5.91 Å². The predicted octanol–water partition coefficient (Wildman–Crippen LogP) is 4.72. The number of carbonyl (C=O) groups excluding carboxylic acids is 1. The number of hydrogen-bond acceptors (Lipinski definition) is 6. The number of aliphatic imine (C=N–C) groups is 1. The molecule has 1 aromatic heterocycles. The van der Waals surface area contributed by atoms with Crippen LogP contribution < -0.4 is 10.1 Å². The first-order valence-corrected chi connectivity index (χ1v) is 9.51. The van der Waals surface area contributed by atoms with Gasteiger partial charge in [0.1, 0.15) is 17.3 Å². The molecular formula is C22H15N3O3S. The number of thioether (sulfide) groups is 1. The first-order chi connectivity index (χ1) is 14.2. The van der Waals surface area contributed by atoms with Crippen molar-refractivity contribution in [1.82, 2.24) is 5.32 Å². The van der Waals surface area contributed by atoms with E-state index in [2.05, 4.69) is 16.4 Å². The van der Waals surface area contributed by atoms with Crippen LogP contribution in [0.3, 0.4) is 0 Å². The van der Waals surface area contributed by atoms with Gasteiger partial charge in [-0.3, -0.25) is 4.79 Å². The Bertz CT molecular complexity index is 1170. The number of ether oxygens (including phenoxy) is 1. The van der Waals surface area contributed by atoms with E-state index < -0.39 is 0 Å². The average Bonchev–Trinajstić information content (AvgIpc) is 3.35. The van der Waals surface area contributed by atoms with Gasteiger partial charge in [0.2, 0.25) is 0 Å². The van der Waals surface area contributed by atoms with Crippen LogP contribution in [0.1, 0.15) is 11.3 Å². The van der Waals surface area contributed by atoms with E-state index in [4.69, 9.17) is 9.15 Å². The lowest BCUT2D eigenvalue weighted by Gasteiger charge is -1.99. The van der Waals surface area contributed by atoms with Crippen LogP contribution in [0.25, 0.3) is 17.4 Å². The Balaban J connectivity index is 1.55. The minimum absolute atomic E-state index is 0.238. The van der Waals surface area contributed by atoms with Crippen LogP contribution in [-0.2, 0) is 4.79 Å². The summed E-state index contributed by atoms with van der Waals surface area (Å²) in [5.74, 6) is 1.60. The molecule has 0 atom stereocenters. The van der Waals surface area contributed by atoms with Crippen LogP contribution in [0.2, 0.25) is 0 Å². The van der Waals surface area contributed by atoms with Crippen LogP contribution >= 0.6 is 11.8 Å². The molecule has 1 aliphatic rings. The third-order valence-corrected chi connectivity index (χ3v) is 5.08. The summed E-state index contributed by atoms with van der Waals surface area (Å²) in [6.45, 7) is 0. The van der Waals surface area contributed by atoms with Crippen LogP contribution in [0.4, 0.5) is 5.69 Å². The maximum atomic E-state index is 12.3. The van der Waals surface area contributed by atoms with Crippen molar-refractivity contribution in [3.63, 3.8) is 0 Å². The molecule has 0 radical (unpaired) electrons. The van der Waals surface area contributed by atoms with Gasteiger partial charge in [0.25, 0.3) is 5.91 Å². The lowest BCUT2D eigenvalue weighted by Crippen LogP contribution is -2.19. The summed E-state index contributed by atoms with van der Waals surface area (Å²) >= 11 is 1.24. The van der Waals surface area contributed by atoms with E-state index in [1.54, 1.807) is 49.6 Å². The highest BCUT2D eigenvalue weighted by Crippen LogP contribution is 2.31. The van der Waals surface area contributed by atoms with E-state index in [1.165, 1.54) is 11.8 Å². The highest BCUT2D eigenvalue weighted by Gasteiger charge is 2.24. The summed E-state index contributed by atoms with van der Waals surface area (Å²) in [5, 5.41) is 12.5. The van der Waals surface area contributed by atoms with Gasteiger partial charge < -0.3 is 14.5 Å². The number of hydrogen-bond donors (Lipinski definition) is 1. The first kappa shape index (κ1) is 18.6. The number of nitriles is 1. The fourth-order valence-electron chi connectivity index (χ4n) is 2.75. The smallest absolute Gasteiger partial charge is 0.264 e. The van der Waals surface area contributed by atoms with Crippen LogP contribution in [0.5, 0.6) is 5.75 Å². The molecule has 1 amide bonds. The topological polar surface area (TPSA) is 87.6 Å². The molecule has 29 heavy (non-hydrogen) atoms. The molecule has 0 spiro atoms. The second-order valence-corrected chi connectivity index (χ2v) is 7.07. The fourth-order valence-corrected chi connectivity index (χ4v) is 3.58. The Labute approximate surface area is 171 Å². The molecule has 7 heteroatoms. The molecule has 2 heterocycles. The number of nitrogens with zero attached hydrogens (tertiary/aromatic N) is 2. The van der Waals surface area contributed by atoms with Crippen molar-refractivity contribution in [2.45, 2.75) is 0 Å². The van der Waals surface area contributed by atoms with Crippen LogP contribution in [0, 0.1) is 11.3 Å². The summed E-state index contributed by atoms with van der Waals surface area (Å²) in [6, 6.07) is 20.1. The SMILES string of the molecule is COc1ccc(N=C2NC(=O)C(=Cc3ccc(-c4ccccc4C#N)o3)S2)cc1. The summed E-state index contributed by atoms with van der Waals surface area (Å²) in [5.41, 5.74) is 1.95. The van der Waals surface area contributed by atoms with Gasteiger partial charge in [-0.05, 0) is 60.3 Å². The van der Waals surface area contributed by atoms with Gasteiger partial charge in [-0.1, -0.05) is 12.1 Å². The van der Waals surface area contributed by atoms with Gasteiger partial charge in [0, 0.05) is 11.6 Å². The molecule has 1 fully saturated rings. The molecule has 1 N–H and O–H groups in total. The summed E-state index contributed by atoms with van der Waals surface area (Å²) < 4.78 is 11.0. The lowest BCUT2D eigenvalue weighted by atomic mass is 10.1. The van der Waals surface area contributed by atoms with Crippen molar-refractivity contribution in [3.8, 4) is 23.1 Å². The second kappa shape index (κ2) is 8.09. The number of rotatable bonds is 4. The minimum atomic E-state index is -0.238. The summed E-state index contributed by atoms with van der Waals surface area (Å²) in [6.07, 6.45) is 1.66. The largest absolute Gasteiger partial charge is 0.497 e. The zero-order chi connectivity index (χ0) is 20.2. The van der Waals surface area contributed by atoms with Crippen molar-refractivity contribution in [1.29, 1.82) is 5.26 Å². The zero-order valence-electron chi connectivity index (χ0n) is 15.4. The molecular weight excluding hydrogens is 386 g/mol. The van der Waals surface area contributed by atoms with E-state index in [1.807, 2.05) is 24.3 Å². The maximum Gasteiger partial charge on any atom is 0.264 e. The Morgan fingerprint density at radius 3 is 2.69 bits per heavy atom.